The Hall–Kier alpha value is -2.75. The number of carbonyl (C=O) groups excluding carboxylic acids is 1. The van der Waals surface area contributed by atoms with Crippen LogP contribution in [0, 0.1) is 0 Å². The van der Waals surface area contributed by atoms with Crippen LogP contribution < -0.4 is 0 Å². The third-order valence-corrected chi connectivity index (χ3v) is 4.07. The molecule has 0 saturated heterocycles. The molecule has 0 radical (unpaired) electrons. The SMILES string of the molecule is CC(c1cccc(O)c1)N(C)C(=O)c1cccc2cc[nH]c12. The largest absolute Gasteiger partial charge is 0.508 e. The number of phenols is 1. The fourth-order valence-corrected chi connectivity index (χ4v) is 2.64. The molecule has 2 N–H and O–H groups in total. The van der Waals surface area contributed by atoms with E-state index in [1.165, 1.54) is 0 Å². The summed E-state index contributed by atoms with van der Waals surface area (Å²) in [5.41, 5.74) is 2.40. The standard InChI is InChI=1S/C18H18N2O2/c1-12(14-6-3-7-15(21)11-14)20(2)18(22)16-8-4-5-13-9-10-19-17(13)16/h3-12,19,21H,1-2H3. The fraction of sp³-hybridized carbons (Fsp3) is 0.167. The highest BCUT2D eigenvalue weighted by molar-refractivity contribution is 6.05. The zero-order valence-corrected chi connectivity index (χ0v) is 12.6. The molecule has 1 unspecified atom stereocenters. The van der Waals surface area contributed by atoms with Crippen LogP contribution in [0.2, 0.25) is 0 Å². The first-order chi connectivity index (χ1) is 10.6. The van der Waals surface area contributed by atoms with Crippen molar-refractivity contribution < 1.29 is 9.90 Å². The third kappa shape index (κ3) is 2.44. The Balaban J connectivity index is 1.93. The Labute approximate surface area is 129 Å². The van der Waals surface area contributed by atoms with E-state index in [2.05, 4.69) is 4.98 Å². The predicted molar refractivity (Wildman–Crippen MR) is 86.9 cm³/mol. The van der Waals surface area contributed by atoms with Crippen LogP contribution in [0.5, 0.6) is 5.75 Å². The summed E-state index contributed by atoms with van der Waals surface area (Å²) in [7, 11) is 1.78. The van der Waals surface area contributed by atoms with Gasteiger partial charge in [-0.2, -0.15) is 0 Å². The first-order valence-corrected chi connectivity index (χ1v) is 7.20. The highest BCUT2D eigenvalue weighted by atomic mass is 16.3. The van der Waals surface area contributed by atoms with E-state index < -0.39 is 0 Å². The maximum atomic E-state index is 12.8. The molecule has 1 aromatic heterocycles. The number of amides is 1. The maximum Gasteiger partial charge on any atom is 0.256 e. The summed E-state index contributed by atoms with van der Waals surface area (Å²) in [6, 6.07) is 14.5. The number of benzene rings is 2. The second-order valence-electron chi connectivity index (χ2n) is 5.43. The lowest BCUT2D eigenvalue weighted by atomic mass is 10.0. The molecule has 0 fully saturated rings. The van der Waals surface area contributed by atoms with Crippen LogP contribution in [-0.2, 0) is 0 Å². The maximum absolute atomic E-state index is 12.8. The van der Waals surface area contributed by atoms with E-state index in [1.807, 2.05) is 43.5 Å². The molecule has 0 aliphatic carbocycles. The van der Waals surface area contributed by atoms with Crippen molar-refractivity contribution in [3.05, 3.63) is 65.9 Å². The van der Waals surface area contributed by atoms with Gasteiger partial charge in [-0.3, -0.25) is 4.79 Å². The van der Waals surface area contributed by atoms with Gasteiger partial charge in [-0.15, -0.1) is 0 Å². The highest BCUT2D eigenvalue weighted by Crippen LogP contribution is 2.25. The quantitative estimate of drug-likeness (QED) is 0.773. The zero-order chi connectivity index (χ0) is 15.7. The van der Waals surface area contributed by atoms with E-state index in [0.717, 1.165) is 16.5 Å². The Morgan fingerprint density at radius 3 is 2.73 bits per heavy atom. The number of aromatic amines is 1. The highest BCUT2D eigenvalue weighted by Gasteiger charge is 2.21. The number of aromatic nitrogens is 1. The average Bonchev–Trinajstić information content (AvgIpc) is 3.01. The lowest BCUT2D eigenvalue weighted by molar-refractivity contribution is 0.0744. The van der Waals surface area contributed by atoms with Crippen molar-refractivity contribution in [2.24, 2.45) is 0 Å². The average molecular weight is 294 g/mol. The van der Waals surface area contributed by atoms with Gasteiger partial charge in [-0.1, -0.05) is 24.3 Å². The zero-order valence-electron chi connectivity index (χ0n) is 12.6. The summed E-state index contributed by atoms with van der Waals surface area (Å²) in [5, 5.41) is 10.6. The first kappa shape index (κ1) is 14.2. The minimum Gasteiger partial charge on any atom is -0.508 e. The number of aromatic hydroxyl groups is 1. The van der Waals surface area contributed by atoms with Crippen molar-refractivity contribution in [3.8, 4) is 5.75 Å². The van der Waals surface area contributed by atoms with E-state index in [0.29, 0.717) is 5.56 Å². The number of phenolic OH excluding ortho intramolecular Hbond substituents is 1. The molecule has 0 bridgehead atoms. The second kappa shape index (κ2) is 5.56. The summed E-state index contributed by atoms with van der Waals surface area (Å²) in [5.74, 6) is 0.153. The molecule has 0 saturated carbocycles. The van der Waals surface area contributed by atoms with Crippen LogP contribution in [0.15, 0.2) is 54.7 Å². The van der Waals surface area contributed by atoms with Crippen LogP contribution in [0.1, 0.15) is 28.9 Å². The van der Waals surface area contributed by atoms with E-state index in [9.17, 15) is 9.90 Å². The minimum absolute atomic E-state index is 0.0520. The van der Waals surface area contributed by atoms with Gasteiger partial charge in [0.25, 0.3) is 5.91 Å². The molecule has 22 heavy (non-hydrogen) atoms. The van der Waals surface area contributed by atoms with Crippen LogP contribution in [-0.4, -0.2) is 27.9 Å². The van der Waals surface area contributed by atoms with Crippen LogP contribution in [0.3, 0.4) is 0 Å². The predicted octanol–water partition coefficient (Wildman–Crippen LogP) is 3.71. The van der Waals surface area contributed by atoms with Gasteiger partial charge in [0.2, 0.25) is 0 Å². The Kier molecular flexibility index (Phi) is 3.59. The number of nitrogens with zero attached hydrogens (tertiary/aromatic N) is 1. The molecule has 1 amide bonds. The van der Waals surface area contributed by atoms with Crippen molar-refractivity contribution in [3.63, 3.8) is 0 Å². The van der Waals surface area contributed by atoms with E-state index in [-0.39, 0.29) is 17.7 Å². The monoisotopic (exact) mass is 294 g/mol. The van der Waals surface area contributed by atoms with E-state index in [4.69, 9.17) is 0 Å². The summed E-state index contributed by atoms with van der Waals surface area (Å²) < 4.78 is 0. The van der Waals surface area contributed by atoms with Gasteiger partial charge in [0.15, 0.2) is 0 Å². The number of hydrogen-bond acceptors (Lipinski definition) is 2. The Bertz CT molecular complexity index is 823. The number of hydrogen-bond donors (Lipinski definition) is 2. The third-order valence-electron chi connectivity index (χ3n) is 4.07. The number of H-pyrrole nitrogens is 1. The van der Waals surface area contributed by atoms with Crippen LogP contribution in [0.4, 0.5) is 0 Å². The summed E-state index contributed by atoms with van der Waals surface area (Å²) in [4.78, 5) is 17.6. The van der Waals surface area contributed by atoms with Gasteiger partial charge in [0.05, 0.1) is 17.1 Å². The van der Waals surface area contributed by atoms with Crippen molar-refractivity contribution in [1.82, 2.24) is 9.88 Å². The van der Waals surface area contributed by atoms with Gasteiger partial charge in [0.1, 0.15) is 5.75 Å². The van der Waals surface area contributed by atoms with E-state index in [1.54, 1.807) is 30.1 Å². The number of carbonyl (C=O) groups is 1. The van der Waals surface area contributed by atoms with Gasteiger partial charge >= 0.3 is 0 Å². The smallest absolute Gasteiger partial charge is 0.256 e. The number of fused-ring (bicyclic) bond motifs is 1. The minimum atomic E-state index is -0.134. The Morgan fingerprint density at radius 1 is 1.18 bits per heavy atom. The van der Waals surface area contributed by atoms with Crippen LogP contribution in [0.25, 0.3) is 10.9 Å². The second-order valence-corrected chi connectivity index (χ2v) is 5.43. The molecular weight excluding hydrogens is 276 g/mol. The first-order valence-electron chi connectivity index (χ1n) is 7.20. The molecule has 3 rings (SSSR count). The molecule has 112 valence electrons. The lowest BCUT2D eigenvalue weighted by Gasteiger charge is -2.25. The van der Waals surface area contributed by atoms with Gasteiger partial charge < -0.3 is 15.0 Å². The molecule has 4 heteroatoms. The summed E-state index contributed by atoms with van der Waals surface area (Å²) in [6.07, 6.45) is 1.83. The molecule has 1 atom stereocenters. The van der Waals surface area contributed by atoms with Crippen LogP contribution >= 0.6 is 0 Å². The van der Waals surface area contributed by atoms with Crippen molar-refractivity contribution in [2.45, 2.75) is 13.0 Å². The van der Waals surface area contributed by atoms with Gasteiger partial charge in [0, 0.05) is 18.6 Å². The van der Waals surface area contributed by atoms with Gasteiger partial charge in [-0.05, 0) is 36.8 Å². The topological polar surface area (TPSA) is 56.3 Å². The lowest BCUT2D eigenvalue weighted by Crippen LogP contribution is -2.29. The van der Waals surface area contributed by atoms with Crippen molar-refractivity contribution in [1.29, 1.82) is 0 Å². The molecule has 4 nitrogen and oxygen atoms in total. The molecule has 0 aliphatic heterocycles. The normalized spacial score (nSPS) is 12.3. The van der Waals surface area contributed by atoms with Crippen molar-refractivity contribution in [2.75, 3.05) is 7.05 Å². The number of para-hydroxylation sites is 1. The van der Waals surface area contributed by atoms with Gasteiger partial charge in [-0.25, -0.2) is 0 Å². The fourth-order valence-electron chi connectivity index (χ4n) is 2.64. The molecule has 2 aromatic carbocycles. The Morgan fingerprint density at radius 2 is 1.95 bits per heavy atom. The molecular formula is C18H18N2O2. The molecule has 1 heterocycles. The molecule has 3 aromatic rings. The summed E-state index contributed by atoms with van der Waals surface area (Å²) >= 11 is 0. The molecule has 0 spiro atoms. The summed E-state index contributed by atoms with van der Waals surface area (Å²) in [6.45, 7) is 1.95. The number of nitrogens with one attached hydrogen (secondary N) is 1. The van der Waals surface area contributed by atoms with Crippen molar-refractivity contribution >= 4 is 16.8 Å². The number of rotatable bonds is 3. The van der Waals surface area contributed by atoms with E-state index >= 15 is 0 Å². The molecule has 0 aliphatic rings.